The highest BCUT2D eigenvalue weighted by molar-refractivity contribution is 5.93. The second-order valence-electron chi connectivity index (χ2n) is 5.30. The Hall–Kier alpha value is -1.62. The number of aromatic carboxylic acids is 1. The highest BCUT2D eigenvalue weighted by atomic mass is 16.4. The van der Waals surface area contributed by atoms with Gasteiger partial charge in [0, 0.05) is 18.2 Å². The van der Waals surface area contributed by atoms with Crippen molar-refractivity contribution in [1.29, 1.82) is 0 Å². The Morgan fingerprint density at radius 2 is 2.11 bits per heavy atom. The van der Waals surface area contributed by atoms with Crippen molar-refractivity contribution in [3.8, 4) is 0 Å². The van der Waals surface area contributed by atoms with Crippen LogP contribution in [-0.2, 0) is 0 Å². The number of hydrogen-bond acceptors (Lipinski definition) is 4. The second kappa shape index (κ2) is 6.02. The minimum Gasteiger partial charge on any atom is -0.478 e. The third kappa shape index (κ3) is 3.23. The van der Waals surface area contributed by atoms with Gasteiger partial charge in [0.05, 0.1) is 24.1 Å². The average molecular weight is 264 g/mol. The molecule has 3 N–H and O–H groups in total. The predicted molar refractivity (Wildman–Crippen MR) is 72.3 cm³/mol. The van der Waals surface area contributed by atoms with Crippen molar-refractivity contribution in [3.63, 3.8) is 0 Å². The summed E-state index contributed by atoms with van der Waals surface area (Å²) in [4.78, 5) is 15.1. The molecular weight excluding hydrogens is 244 g/mol. The predicted octanol–water partition coefficient (Wildman–Crippen LogP) is 2.13. The van der Waals surface area contributed by atoms with Crippen molar-refractivity contribution in [2.75, 3.05) is 18.5 Å². The molecule has 2 rings (SSSR count). The van der Waals surface area contributed by atoms with Crippen LogP contribution in [0, 0.1) is 5.41 Å². The van der Waals surface area contributed by atoms with E-state index in [0.29, 0.717) is 12.2 Å². The maximum atomic E-state index is 11.1. The fourth-order valence-corrected chi connectivity index (χ4v) is 2.70. The number of carboxylic acid groups (broad SMARTS) is 1. The van der Waals surface area contributed by atoms with Crippen LogP contribution in [0.5, 0.6) is 0 Å². The van der Waals surface area contributed by atoms with Crippen molar-refractivity contribution in [1.82, 2.24) is 4.98 Å². The second-order valence-corrected chi connectivity index (χ2v) is 5.30. The van der Waals surface area contributed by atoms with Crippen molar-refractivity contribution >= 4 is 11.7 Å². The molecule has 1 aromatic heterocycles. The Bertz CT molecular complexity index is 442. The van der Waals surface area contributed by atoms with Crippen LogP contribution in [0.25, 0.3) is 0 Å². The first-order valence-electron chi connectivity index (χ1n) is 6.69. The number of nitrogens with one attached hydrogen (secondary N) is 1. The van der Waals surface area contributed by atoms with Gasteiger partial charge in [-0.2, -0.15) is 0 Å². The fraction of sp³-hybridized carbons (Fsp3) is 0.571. The van der Waals surface area contributed by atoms with Crippen LogP contribution in [0.4, 0.5) is 5.69 Å². The molecule has 1 aliphatic carbocycles. The molecule has 0 radical (unpaired) electrons. The third-order valence-corrected chi connectivity index (χ3v) is 3.95. The van der Waals surface area contributed by atoms with Crippen LogP contribution in [-0.4, -0.2) is 34.3 Å². The number of nitrogens with zero attached hydrogens (tertiary/aromatic N) is 1. The normalized spacial score (nSPS) is 17.9. The van der Waals surface area contributed by atoms with Gasteiger partial charge in [-0.25, -0.2) is 4.79 Å². The molecule has 1 saturated carbocycles. The zero-order valence-electron chi connectivity index (χ0n) is 10.9. The smallest absolute Gasteiger partial charge is 0.337 e. The molecule has 19 heavy (non-hydrogen) atoms. The van der Waals surface area contributed by atoms with Crippen LogP contribution in [0.1, 0.15) is 42.5 Å². The molecule has 0 aromatic carbocycles. The first-order valence-corrected chi connectivity index (χ1v) is 6.69. The van der Waals surface area contributed by atoms with Crippen LogP contribution >= 0.6 is 0 Å². The zero-order valence-corrected chi connectivity index (χ0v) is 10.9. The van der Waals surface area contributed by atoms with E-state index in [1.165, 1.54) is 24.9 Å². The molecule has 1 heterocycles. The zero-order chi connectivity index (χ0) is 13.7. The lowest BCUT2D eigenvalue weighted by molar-refractivity contribution is 0.0697. The van der Waals surface area contributed by atoms with Crippen LogP contribution in [0.3, 0.4) is 0 Å². The average Bonchev–Trinajstić information content (AvgIpc) is 2.46. The number of carbonyl (C=O) groups is 1. The Labute approximate surface area is 112 Å². The molecule has 1 fully saturated rings. The van der Waals surface area contributed by atoms with Gasteiger partial charge >= 0.3 is 5.97 Å². The van der Waals surface area contributed by atoms with Crippen molar-refractivity contribution in [2.24, 2.45) is 5.41 Å². The molecule has 104 valence electrons. The summed E-state index contributed by atoms with van der Waals surface area (Å²) in [5.41, 5.74) is 0.622. The quantitative estimate of drug-likeness (QED) is 0.759. The minimum absolute atomic E-state index is 0.121. The molecule has 0 atom stereocenters. The van der Waals surface area contributed by atoms with Gasteiger partial charge in [-0.3, -0.25) is 4.98 Å². The Kier molecular flexibility index (Phi) is 4.37. The molecule has 0 saturated heterocycles. The number of aromatic nitrogens is 1. The summed E-state index contributed by atoms with van der Waals surface area (Å²) < 4.78 is 0. The van der Waals surface area contributed by atoms with Crippen molar-refractivity contribution < 1.29 is 15.0 Å². The first kappa shape index (κ1) is 13.8. The Morgan fingerprint density at radius 1 is 1.37 bits per heavy atom. The molecule has 1 aliphatic rings. The van der Waals surface area contributed by atoms with E-state index in [-0.39, 0.29) is 17.6 Å². The summed E-state index contributed by atoms with van der Waals surface area (Å²) >= 11 is 0. The Morgan fingerprint density at radius 3 is 2.74 bits per heavy atom. The number of rotatable bonds is 5. The fourth-order valence-electron chi connectivity index (χ4n) is 2.70. The number of hydrogen-bond donors (Lipinski definition) is 3. The number of aliphatic hydroxyl groups is 1. The van der Waals surface area contributed by atoms with Crippen LogP contribution in [0.2, 0.25) is 0 Å². The monoisotopic (exact) mass is 264 g/mol. The maximum Gasteiger partial charge on any atom is 0.337 e. The number of carboxylic acids is 1. The van der Waals surface area contributed by atoms with E-state index in [1.54, 1.807) is 0 Å². The highest BCUT2D eigenvalue weighted by Crippen LogP contribution is 2.36. The first-order chi connectivity index (χ1) is 9.17. The van der Waals surface area contributed by atoms with Gasteiger partial charge in [-0.05, 0) is 18.9 Å². The van der Waals surface area contributed by atoms with Crippen molar-refractivity contribution in [3.05, 3.63) is 24.0 Å². The highest BCUT2D eigenvalue weighted by Gasteiger charge is 2.31. The molecule has 5 heteroatoms. The minimum atomic E-state index is -0.966. The topological polar surface area (TPSA) is 82.5 Å². The number of pyridine rings is 1. The number of anilines is 1. The molecule has 0 bridgehead atoms. The summed E-state index contributed by atoms with van der Waals surface area (Å²) in [6, 6.07) is 1.48. The van der Waals surface area contributed by atoms with Gasteiger partial charge < -0.3 is 15.5 Å². The van der Waals surface area contributed by atoms with Gasteiger partial charge in [0.25, 0.3) is 0 Å². The molecule has 0 amide bonds. The van der Waals surface area contributed by atoms with Gasteiger partial charge in [0.15, 0.2) is 0 Å². The van der Waals surface area contributed by atoms with E-state index in [4.69, 9.17) is 5.11 Å². The van der Waals surface area contributed by atoms with E-state index in [9.17, 15) is 9.90 Å². The molecule has 0 aliphatic heterocycles. The summed E-state index contributed by atoms with van der Waals surface area (Å²) in [5.74, 6) is -0.966. The molecule has 0 spiro atoms. The summed E-state index contributed by atoms with van der Waals surface area (Å²) in [5, 5.41) is 21.9. The van der Waals surface area contributed by atoms with E-state index < -0.39 is 5.97 Å². The van der Waals surface area contributed by atoms with E-state index in [0.717, 1.165) is 25.7 Å². The van der Waals surface area contributed by atoms with E-state index in [2.05, 4.69) is 10.3 Å². The van der Waals surface area contributed by atoms with Gasteiger partial charge in [-0.1, -0.05) is 19.3 Å². The number of aliphatic hydroxyl groups excluding tert-OH is 1. The molecule has 0 unspecified atom stereocenters. The maximum absolute atomic E-state index is 11.1. The lowest BCUT2D eigenvalue weighted by atomic mass is 9.74. The third-order valence-electron chi connectivity index (χ3n) is 3.95. The SMILES string of the molecule is O=C(O)c1ccncc1NCC1(CO)CCCCC1. The lowest BCUT2D eigenvalue weighted by Gasteiger charge is -2.36. The molecule has 5 nitrogen and oxygen atoms in total. The van der Waals surface area contributed by atoms with Crippen molar-refractivity contribution in [2.45, 2.75) is 32.1 Å². The van der Waals surface area contributed by atoms with Crippen LogP contribution in [0.15, 0.2) is 18.5 Å². The van der Waals surface area contributed by atoms with Gasteiger partial charge in [-0.15, -0.1) is 0 Å². The largest absolute Gasteiger partial charge is 0.478 e. The molecular formula is C14H20N2O3. The summed E-state index contributed by atoms with van der Waals surface area (Å²) in [6.45, 7) is 0.734. The van der Waals surface area contributed by atoms with Crippen LogP contribution < -0.4 is 5.32 Å². The lowest BCUT2D eigenvalue weighted by Crippen LogP contribution is -2.35. The standard InChI is InChI=1S/C14H20N2O3/c17-10-14(5-2-1-3-6-14)9-16-12-8-15-7-4-11(12)13(18)19/h4,7-8,16-17H,1-3,5-6,9-10H2,(H,18,19). The molecule has 1 aromatic rings. The van der Waals surface area contributed by atoms with E-state index >= 15 is 0 Å². The summed E-state index contributed by atoms with van der Waals surface area (Å²) in [6.07, 6.45) is 8.43. The van der Waals surface area contributed by atoms with Gasteiger partial charge in [0.1, 0.15) is 0 Å². The summed E-state index contributed by atoms with van der Waals surface area (Å²) in [7, 11) is 0. The van der Waals surface area contributed by atoms with E-state index in [1.807, 2.05) is 0 Å². The van der Waals surface area contributed by atoms with Gasteiger partial charge in [0.2, 0.25) is 0 Å². The Balaban J connectivity index is 2.07.